The molecule has 1 heterocycles. The van der Waals surface area contributed by atoms with Crippen LogP contribution in [-0.2, 0) is 4.79 Å². The van der Waals surface area contributed by atoms with E-state index in [-0.39, 0.29) is 5.97 Å². The van der Waals surface area contributed by atoms with Gasteiger partial charge in [0.05, 0.1) is 10.5 Å². The highest BCUT2D eigenvalue weighted by atomic mass is 79.9. The number of ether oxygens (including phenoxy) is 1. The van der Waals surface area contributed by atoms with Gasteiger partial charge >= 0.3 is 5.97 Å². The molecule has 15 heavy (non-hydrogen) atoms. The number of halogens is 2. The molecule has 0 spiro atoms. The van der Waals surface area contributed by atoms with Crippen LogP contribution in [0.4, 0.5) is 0 Å². The number of fused-ring (bicyclic) bond motifs is 1. The van der Waals surface area contributed by atoms with Crippen LogP contribution in [0.5, 0.6) is 5.75 Å². The van der Waals surface area contributed by atoms with Gasteiger partial charge in [0.15, 0.2) is 5.75 Å². The van der Waals surface area contributed by atoms with Gasteiger partial charge in [0.25, 0.3) is 0 Å². The molecule has 0 aliphatic heterocycles. The maximum Gasteiger partial charge on any atom is 0.308 e. The summed E-state index contributed by atoms with van der Waals surface area (Å²) in [6, 6.07) is 3.62. The first kappa shape index (κ1) is 10.5. The summed E-state index contributed by atoms with van der Waals surface area (Å²) in [5.74, 6) is 0.132. The standard InChI is InChI=1S/C10H7BrClNO2/c1-5(14)15-9-4-13-10-7(9)2-6(11)3-8(10)12/h2-4,13H,1H3. The lowest BCUT2D eigenvalue weighted by Crippen LogP contribution is -2.00. The van der Waals surface area contributed by atoms with Crippen molar-refractivity contribution in [3.05, 3.63) is 27.8 Å². The number of aromatic amines is 1. The Morgan fingerprint density at radius 1 is 1.53 bits per heavy atom. The molecular formula is C10H7BrClNO2. The van der Waals surface area contributed by atoms with Gasteiger partial charge in [0, 0.05) is 23.0 Å². The number of esters is 1. The van der Waals surface area contributed by atoms with Crippen LogP contribution in [0.15, 0.2) is 22.8 Å². The Labute approximate surface area is 99.5 Å². The van der Waals surface area contributed by atoms with E-state index in [1.807, 2.05) is 6.07 Å². The van der Waals surface area contributed by atoms with Crippen molar-refractivity contribution in [3.8, 4) is 5.75 Å². The number of hydrogen-bond donors (Lipinski definition) is 1. The topological polar surface area (TPSA) is 42.1 Å². The third-order valence-corrected chi connectivity index (χ3v) is 2.68. The molecule has 5 heteroatoms. The number of benzene rings is 1. The van der Waals surface area contributed by atoms with Gasteiger partial charge in [-0.15, -0.1) is 0 Å². The number of carbonyl (C=O) groups is 1. The summed E-state index contributed by atoms with van der Waals surface area (Å²) in [7, 11) is 0. The quantitative estimate of drug-likeness (QED) is 0.816. The molecule has 2 rings (SSSR count). The Balaban J connectivity index is 2.63. The Kier molecular flexibility index (Phi) is 2.71. The average molecular weight is 289 g/mol. The smallest absolute Gasteiger partial charge is 0.308 e. The molecule has 2 aromatic rings. The second kappa shape index (κ2) is 3.87. The van der Waals surface area contributed by atoms with Crippen molar-refractivity contribution in [2.75, 3.05) is 0 Å². The lowest BCUT2D eigenvalue weighted by molar-refractivity contribution is -0.131. The van der Waals surface area contributed by atoms with Gasteiger partial charge < -0.3 is 9.72 Å². The molecule has 0 fully saturated rings. The summed E-state index contributed by atoms with van der Waals surface area (Å²) in [5, 5.41) is 1.36. The molecule has 0 unspecified atom stereocenters. The molecule has 0 aliphatic carbocycles. The highest BCUT2D eigenvalue weighted by Crippen LogP contribution is 2.33. The number of H-pyrrole nitrogens is 1. The van der Waals surface area contributed by atoms with E-state index in [4.69, 9.17) is 16.3 Å². The summed E-state index contributed by atoms with van der Waals surface area (Å²) in [6.07, 6.45) is 1.62. The Morgan fingerprint density at radius 2 is 2.27 bits per heavy atom. The van der Waals surface area contributed by atoms with Crippen molar-refractivity contribution in [2.45, 2.75) is 6.92 Å². The van der Waals surface area contributed by atoms with Crippen molar-refractivity contribution in [2.24, 2.45) is 0 Å². The highest BCUT2D eigenvalue weighted by Gasteiger charge is 2.10. The van der Waals surface area contributed by atoms with E-state index in [9.17, 15) is 4.79 Å². The number of hydrogen-bond acceptors (Lipinski definition) is 2. The highest BCUT2D eigenvalue weighted by molar-refractivity contribution is 9.10. The van der Waals surface area contributed by atoms with Crippen molar-refractivity contribution in [1.29, 1.82) is 0 Å². The van der Waals surface area contributed by atoms with E-state index in [1.54, 1.807) is 12.3 Å². The van der Waals surface area contributed by atoms with Crippen LogP contribution in [0.3, 0.4) is 0 Å². The first-order valence-corrected chi connectivity index (χ1v) is 5.39. The predicted molar refractivity (Wildman–Crippen MR) is 62.3 cm³/mol. The molecule has 1 N–H and O–H groups in total. The minimum Gasteiger partial charge on any atom is -0.424 e. The fourth-order valence-electron chi connectivity index (χ4n) is 1.37. The lowest BCUT2D eigenvalue weighted by atomic mass is 10.2. The normalized spacial score (nSPS) is 10.6. The Morgan fingerprint density at radius 3 is 2.93 bits per heavy atom. The summed E-state index contributed by atoms with van der Waals surface area (Å²) < 4.78 is 5.87. The SMILES string of the molecule is CC(=O)Oc1c[nH]c2c(Cl)cc(Br)cc12. The van der Waals surface area contributed by atoms with Crippen LogP contribution < -0.4 is 4.74 Å². The van der Waals surface area contributed by atoms with E-state index in [0.717, 1.165) is 15.4 Å². The fourth-order valence-corrected chi connectivity index (χ4v) is 2.23. The third-order valence-electron chi connectivity index (χ3n) is 1.92. The van der Waals surface area contributed by atoms with Crippen molar-refractivity contribution >= 4 is 44.4 Å². The predicted octanol–water partition coefficient (Wildman–Crippen LogP) is 3.51. The van der Waals surface area contributed by atoms with Crippen molar-refractivity contribution in [1.82, 2.24) is 4.98 Å². The fraction of sp³-hybridized carbons (Fsp3) is 0.100. The van der Waals surface area contributed by atoms with Gasteiger partial charge in [-0.1, -0.05) is 27.5 Å². The van der Waals surface area contributed by atoms with Crippen LogP contribution in [0, 0.1) is 0 Å². The molecule has 0 saturated heterocycles. The Bertz CT molecular complexity index is 535. The van der Waals surface area contributed by atoms with Crippen LogP contribution in [0.2, 0.25) is 5.02 Å². The maximum absolute atomic E-state index is 10.8. The van der Waals surface area contributed by atoms with E-state index in [1.165, 1.54) is 6.92 Å². The molecule has 78 valence electrons. The van der Waals surface area contributed by atoms with Crippen LogP contribution in [0.1, 0.15) is 6.92 Å². The molecular weight excluding hydrogens is 281 g/mol. The van der Waals surface area contributed by atoms with Gasteiger partial charge in [0.2, 0.25) is 0 Å². The molecule has 0 atom stereocenters. The summed E-state index contributed by atoms with van der Waals surface area (Å²) in [6.45, 7) is 1.36. The largest absolute Gasteiger partial charge is 0.424 e. The number of rotatable bonds is 1. The van der Waals surface area contributed by atoms with Gasteiger partial charge in [0.1, 0.15) is 0 Å². The molecule has 0 bridgehead atoms. The van der Waals surface area contributed by atoms with Gasteiger partial charge in [-0.3, -0.25) is 4.79 Å². The number of aromatic nitrogens is 1. The average Bonchev–Trinajstić information content (AvgIpc) is 2.48. The summed E-state index contributed by atoms with van der Waals surface area (Å²) in [5.41, 5.74) is 0.760. The van der Waals surface area contributed by atoms with Crippen LogP contribution in [0.25, 0.3) is 10.9 Å². The lowest BCUT2D eigenvalue weighted by Gasteiger charge is -1.99. The minimum atomic E-state index is -0.355. The van der Waals surface area contributed by atoms with Crippen LogP contribution >= 0.6 is 27.5 Å². The Hall–Kier alpha value is -1.000. The second-order valence-corrected chi connectivity index (χ2v) is 4.38. The molecule has 0 amide bonds. The zero-order chi connectivity index (χ0) is 11.0. The van der Waals surface area contributed by atoms with Crippen molar-refractivity contribution in [3.63, 3.8) is 0 Å². The van der Waals surface area contributed by atoms with Gasteiger partial charge in [-0.2, -0.15) is 0 Å². The van der Waals surface area contributed by atoms with E-state index >= 15 is 0 Å². The molecule has 1 aromatic heterocycles. The van der Waals surface area contributed by atoms with E-state index < -0.39 is 0 Å². The zero-order valence-electron chi connectivity index (χ0n) is 7.80. The van der Waals surface area contributed by atoms with Gasteiger partial charge in [-0.05, 0) is 12.1 Å². The molecule has 0 radical (unpaired) electrons. The summed E-state index contributed by atoms with van der Waals surface area (Å²) in [4.78, 5) is 13.8. The third kappa shape index (κ3) is 2.01. The van der Waals surface area contributed by atoms with E-state index in [0.29, 0.717) is 10.8 Å². The second-order valence-electron chi connectivity index (χ2n) is 3.06. The summed E-state index contributed by atoms with van der Waals surface area (Å²) >= 11 is 9.34. The number of carbonyl (C=O) groups excluding carboxylic acids is 1. The first-order chi connectivity index (χ1) is 7.08. The number of nitrogens with one attached hydrogen (secondary N) is 1. The zero-order valence-corrected chi connectivity index (χ0v) is 10.1. The minimum absolute atomic E-state index is 0.355. The van der Waals surface area contributed by atoms with Crippen molar-refractivity contribution < 1.29 is 9.53 Å². The molecule has 0 aliphatic rings. The van der Waals surface area contributed by atoms with E-state index in [2.05, 4.69) is 20.9 Å². The van der Waals surface area contributed by atoms with Gasteiger partial charge in [-0.25, -0.2) is 0 Å². The van der Waals surface area contributed by atoms with Crippen LogP contribution in [-0.4, -0.2) is 11.0 Å². The molecule has 0 saturated carbocycles. The molecule has 3 nitrogen and oxygen atoms in total. The molecule has 1 aromatic carbocycles. The monoisotopic (exact) mass is 287 g/mol. The first-order valence-electron chi connectivity index (χ1n) is 4.22. The maximum atomic E-state index is 10.8.